The summed E-state index contributed by atoms with van der Waals surface area (Å²) in [4.78, 5) is 39.2. The number of carboxylic acids is 1. The Morgan fingerprint density at radius 1 is 1.09 bits per heavy atom. The molecule has 0 aliphatic rings. The fourth-order valence-electron chi connectivity index (χ4n) is 3.07. The lowest BCUT2D eigenvalue weighted by Crippen LogP contribution is -2.17. The number of fused-ring (bicyclic) bond motifs is 1. The third kappa shape index (κ3) is 4.61. The van der Waals surface area contributed by atoms with E-state index >= 15 is 0 Å². The summed E-state index contributed by atoms with van der Waals surface area (Å²) in [7, 11) is 0. The van der Waals surface area contributed by atoms with E-state index in [-0.39, 0.29) is 5.56 Å². The van der Waals surface area contributed by atoms with Crippen LogP contribution in [0.15, 0.2) is 71.1 Å². The number of amides is 1. The number of nitro groups is 1. The van der Waals surface area contributed by atoms with Gasteiger partial charge in [0.25, 0.3) is 11.6 Å². The molecule has 4 aromatic rings. The van der Waals surface area contributed by atoms with Crippen LogP contribution >= 0.6 is 23.1 Å². The molecule has 0 unspecified atom stereocenters. The number of carboxylic acid groups (broad SMARTS) is 1. The standard InChI is InChI=1S/C22H15N3O5S2/c26-20(15-7-4-8-17(25(29)30)19(15)21(27)28)23-14-9-10-16-18(11-14)32-22(24-16)31-12-13-5-2-1-3-6-13/h1-11H,12H2,(H,23,26)(H,27,28). The van der Waals surface area contributed by atoms with E-state index in [1.807, 2.05) is 30.3 Å². The van der Waals surface area contributed by atoms with Gasteiger partial charge >= 0.3 is 5.97 Å². The zero-order valence-corrected chi connectivity index (χ0v) is 18.0. The molecule has 160 valence electrons. The summed E-state index contributed by atoms with van der Waals surface area (Å²) in [5.74, 6) is -1.50. The normalized spacial score (nSPS) is 10.8. The second-order valence-electron chi connectivity index (χ2n) is 6.65. The summed E-state index contributed by atoms with van der Waals surface area (Å²) >= 11 is 3.10. The molecule has 2 N–H and O–H groups in total. The Bertz CT molecular complexity index is 1340. The third-order valence-corrected chi connectivity index (χ3v) is 6.76. The molecule has 4 rings (SSSR count). The molecule has 8 nitrogen and oxygen atoms in total. The zero-order valence-electron chi connectivity index (χ0n) is 16.3. The van der Waals surface area contributed by atoms with Gasteiger partial charge in [0.15, 0.2) is 4.34 Å². The van der Waals surface area contributed by atoms with Crippen LogP contribution < -0.4 is 5.32 Å². The van der Waals surface area contributed by atoms with Crippen molar-refractivity contribution in [2.75, 3.05) is 5.32 Å². The second-order valence-corrected chi connectivity index (χ2v) is 8.91. The molecule has 1 aromatic heterocycles. The maximum atomic E-state index is 12.7. The highest BCUT2D eigenvalue weighted by atomic mass is 32.2. The number of carbonyl (C=O) groups is 2. The molecule has 0 saturated heterocycles. The van der Waals surface area contributed by atoms with Gasteiger partial charge in [0.1, 0.15) is 5.56 Å². The van der Waals surface area contributed by atoms with Crippen molar-refractivity contribution in [2.24, 2.45) is 0 Å². The summed E-state index contributed by atoms with van der Waals surface area (Å²) < 4.78 is 1.75. The summed E-state index contributed by atoms with van der Waals surface area (Å²) in [6, 6.07) is 18.8. The topological polar surface area (TPSA) is 122 Å². The van der Waals surface area contributed by atoms with E-state index in [2.05, 4.69) is 10.3 Å². The van der Waals surface area contributed by atoms with Gasteiger partial charge in [-0.15, -0.1) is 11.3 Å². The predicted octanol–water partition coefficient (Wildman–Crippen LogP) is 5.45. The summed E-state index contributed by atoms with van der Waals surface area (Å²) in [6.07, 6.45) is 0. The Hall–Kier alpha value is -3.76. The molecule has 32 heavy (non-hydrogen) atoms. The van der Waals surface area contributed by atoms with E-state index in [4.69, 9.17) is 0 Å². The first-order valence-electron chi connectivity index (χ1n) is 9.32. The van der Waals surface area contributed by atoms with Crippen molar-refractivity contribution in [1.82, 2.24) is 4.98 Å². The molecule has 0 aliphatic heterocycles. The van der Waals surface area contributed by atoms with Crippen LogP contribution in [0.25, 0.3) is 10.2 Å². The van der Waals surface area contributed by atoms with Crippen LogP contribution in [0.3, 0.4) is 0 Å². The number of hydrogen-bond acceptors (Lipinski definition) is 7. The van der Waals surface area contributed by atoms with Gasteiger partial charge in [-0.25, -0.2) is 9.78 Å². The number of thiazole rings is 1. The van der Waals surface area contributed by atoms with Crippen LogP contribution in [0.1, 0.15) is 26.3 Å². The monoisotopic (exact) mass is 465 g/mol. The van der Waals surface area contributed by atoms with E-state index in [1.165, 1.54) is 29.0 Å². The molecule has 0 bridgehead atoms. The number of nitro benzene ring substituents is 1. The third-order valence-electron chi connectivity index (χ3n) is 4.53. The molecule has 0 spiro atoms. The maximum Gasteiger partial charge on any atom is 0.343 e. The Kier molecular flexibility index (Phi) is 6.15. The van der Waals surface area contributed by atoms with Gasteiger partial charge in [0.05, 0.1) is 20.7 Å². The van der Waals surface area contributed by atoms with Crippen molar-refractivity contribution >= 4 is 56.6 Å². The van der Waals surface area contributed by atoms with Crippen LogP contribution in [0.5, 0.6) is 0 Å². The maximum absolute atomic E-state index is 12.7. The molecule has 0 aliphatic carbocycles. The Balaban J connectivity index is 1.55. The molecule has 1 amide bonds. The molecule has 10 heteroatoms. The number of aromatic nitrogens is 1. The Morgan fingerprint density at radius 2 is 1.88 bits per heavy atom. The molecular formula is C22H15N3O5S2. The van der Waals surface area contributed by atoms with E-state index in [0.29, 0.717) is 5.69 Å². The van der Waals surface area contributed by atoms with Crippen LogP contribution in [0.4, 0.5) is 11.4 Å². The lowest BCUT2D eigenvalue weighted by atomic mass is 10.0. The van der Waals surface area contributed by atoms with Gasteiger partial charge in [-0.1, -0.05) is 48.2 Å². The lowest BCUT2D eigenvalue weighted by molar-refractivity contribution is -0.385. The van der Waals surface area contributed by atoms with Gasteiger partial charge in [0, 0.05) is 17.5 Å². The average molecular weight is 466 g/mol. The van der Waals surface area contributed by atoms with E-state index in [0.717, 1.165) is 26.4 Å². The van der Waals surface area contributed by atoms with Gasteiger partial charge < -0.3 is 10.4 Å². The summed E-state index contributed by atoms with van der Waals surface area (Å²) in [5.41, 5.74) is 0.849. The first-order chi connectivity index (χ1) is 15.4. The van der Waals surface area contributed by atoms with Gasteiger partial charge in [0.2, 0.25) is 0 Å². The molecule has 1 heterocycles. The van der Waals surface area contributed by atoms with Crippen LogP contribution in [-0.4, -0.2) is 26.9 Å². The van der Waals surface area contributed by atoms with Crippen LogP contribution in [-0.2, 0) is 5.75 Å². The number of anilines is 1. The minimum atomic E-state index is -1.54. The fourth-order valence-corrected chi connectivity index (χ4v) is 5.13. The number of thioether (sulfide) groups is 1. The Labute approximate surface area is 190 Å². The van der Waals surface area contributed by atoms with Gasteiger partial charge in [-0.2, -0.15) is 0 Å². The van der Waals surface area contributed by atoms with Crippen molar-refractivity contribution in [1.29, 1.82) is 0 Å². The number of nitrogens with zero attached hydrogens (tertiary/aromatic N) is 2. The van der Waals surface area contributed by atoms with Crippen molar-refractivity contribution < 1.29 is 19.6 Å². The summed E-state index contributed by atoms with van der Waals surface area (Å²) in [5, 5.41) is 23.2. The van der Waals surface area contributed by atoms with Crippen molar-refractivity contribution in [3.8, 4) is 0 Å². The van der Waals surface area contributed by atoms with E-state index in [9.17, 15) is 24.8 Å². The quantitative estimate of drug-likeness (QED) is 0.211. The number of rotatable bonds is 7. The predicted molar refractivity (Wildman–Crippen MR) is 124 cm³/mol. The van der Waals surface area contributed by atoms with Crippen molar-refractivity contribution in [3.05, 3.63) is 93.5 Å². The second kappa shape index (κ2) is 9.16. The number of nitrogens with one attached hydrogen (secondary N) is 1. The van der Waals surface area contributed by atoms with E-state index < -0.39 is 28.1 Å². The molecule has 0 fully saturated rings. The molecule has 0 radical (unpaired) electrons. The highest BCUT2D eigenvalue weighted by Gasteiger charge is 2.27. The number of carbonyl (C=O) groups excluding carboxylic acids is 1. The highest BCUT2D eigenvalue weighted by molar-refractivity contribution is 8.00. The molecule has 0 saturated carbocycles. The largest absolute Gasteiger partial charge is 0.477 e. The van der Waals surface area contributed by atoms with Gasteiger partial charge in [-0.3, -0.25) is 14.9 Å². The minimum Gasteiger partial charge on any atom is -0.477 e. The van der Waals surface area contributed by atoms with Crippen molar-refractivity contribution in [3.63, 3.8) is 0 Å². The number of benzene rings is 3. The highest BCUT2D eigenvalue weighted by Crippen LogP contribution is 2.33. The first kappa shape index (κ1) is 21.5. The number of aromatic carboxylic acids is 1. The Morgan fingerprint density at radius 3 is 2.59 bits per heavy atom. The summed E-state index contributed by atoms with van der Waals surface area (Å²) in [6.45, 7) is 0. The SMILES string of the molecule is O=C(Nc1ccc2nc(SCc3ccccc3)sc2c1)c1cccc([N+](=O)[O-])c1C(=O)O. The van der Waals surface area contributed by atoms with Crippen LogP contribution in [0, 0.1) is 10.1 Å². The minimum absolute atomic E-state index is 0.282. The molecule has 3 aromatic carbocycles. The van der Waals surface area contributed by atoms with Gasteiger partial charge in [-0.05, 0) is 29.8 Å². The fraction of sp³-hybridized carbons (Fsp3) is 0.0455. The molecule has 0 atom stereocenters. The van der Waals surface area contributed by atoms with Crippen LogP contribution in [0.2, 0.25) is 0 Å². The average Bonchev–Trinajstić information content (AvgIpc) is 3.20. The van der Waals surface area contributed by atoms with Crippen molar-refractivity contribution in [2.45, 2.75) is 10.1 Å². The molecular weight excluding hydrogens is 450 g/mol. The lowest BCUT2D eigenvalue weighted by Gasteiger charge is -2.08. The first-order valence-corrected chi connectivity index (χ1v) is 11.1. The smallest absolute Gasteiger partial charge is 0.343 e. The zero-order chi connectivity index (χ0) is 22.7. The van der Waals surface area contributed by atoms with E-state index in [1.54, 1.807) is 30.0 Å². The number of hydrogen-bond donors (Lipinski definition) is 2.